The van der Waals surface area contributed by atoms with Crippen LogP contribution in [0.5, 0.6) is 11.5 Å². The summed E-state index contributed by atoms with van der Waals surface area (Å²) in [4.78, 5) is 15.1. The van der Waals surface area contributed by atoms with Crippen LogP contribution in [0.3, 0.4) is 0 Å². The molecule has 1 spiro atoms. The lowest BCUT2D eigenvalue weighted by atomic mass is 9.48. The molecule has 2 bridgehead atoms. The first-order chi connectivity index (χ1) is 15.0. The molecule has 2 heterocycles. The number of piperidine rings is 1. The van der Waals surface area contributed by atoms with Crippen LogP contribution in [0.15, 0.2) is 12.1 Å². The Morgan fingerprint density at radius 3 is 2.90 bits per heavy atom. The fraction of sp³-hybridized carbons (Fsp3) is 0.708. The van der Waals surface area contributed by atoms with E-state index in [-0.39, 0.29) is 29.8 Å². The molecule has 1 saturated heterocycles. The highest BCUT2D eigenvalue weighted by Gasteiger charge is 2.73. The van der Waals surface area contributed by atoms with Crippen molar-refractivity contribution in [3.8, 4) is 11.5 Å². The molecule has 2 saturated carbocycles. The number of ether oxygens (including phenoxy) is 1. The molecule has 6 nitrogen and oxygen atoms in total. The Morgan fingerprint density at radius 1 is 1.29 bits per heavy atom. The SMILES string of the molecule is O=C(CCCCl)N[C@@H]1CC[C@@]2(O)[C@H]3Cc4ccc(O)c5c4[C@@]2(CCN3CC2CC2)[C@H]1O5. The summed E-state index contributed by atoms with van der Waals surface area (Å²) in [6, 6.07) is 3.61. The van der Waals surface area contributed by atoms with Crippen LogP contribution in [0.2, 0.25) is 0 Å². The second-order valence-corrected chi connectivity index (χ2v) is 10.7. The first-order valence-electron chi connectivity index (χ1n) is 11.8. The molecule has 2 aliphatic heterocycles. The lowest BCUT2D eigenvalue weighted by Gasteiger charge is -2.64. The standard InChI is InChI=1S/C24H31ClN2O4/c25-10-1-2-19(29)26-16-7-8-24(30)18-12-15-5-6-17(28)21-20(15)23(24,22(16)31-21)9-11-27(18)13-14-3-4-14/h5-6,14,16,18,22,28,30H,1-4,7-13H2,(H,26,29)/t16-,18-,22+,23+,24-/m1/s1. The number of hydrogen-bond donors (Lipinski definition) is 3. The zero-order chi connectivity index (χ0) is 21.4. The van der Waals surface area contributed by atoms with Crippen LogP contribution >= 0.6 is 11.6 Å². The molecular weight excluding hydrogens is 416 g/mol. The number of nitrogens with zero attached hydrogens (tertiary/aromatic N) is 1. The number of alkyl halides is 1. The van der Waals surface area contributed by atoms with E-state index in [1.54, 1.807) is 6.07 Å². The number of carbonyl (C=O) groups is 1. The summed E-state index contributed by atoms with van der Waals surface area (Å²) in [5.74, 6) is 1.87. The molecule has 3 N–H and O–H groups in total. The van der Waals surface area contributed by atoms with Crippen molar-refractivity contribution in [2.24, 2.45) is 5.92 Å². The van der Waals surface area contributed by atoms with Gasteiger partial charge in [-0.05, 0) is 69.0 Å². The fourth-order valence-corrected chi connectivity index (χ4v) is 7.27. The number of hydrogen-bond acceptors (Lipinski definition) is 5. The molecule has 7 heteroatoms. The number of halogens is 1. The summed E-state index contributed by atoms with van der Waals surface area (Å²) in [5.41, 5.74) is 0.692. The molecule has 0 unspecified atom stereocenters. The van der Waals surface area contributed by atoms with E-state index in [1.165, 1.54) is 18.4 Å². The van der Waals surface area contributed by atoms with Crippen LogP contribution in [0.4, 0.5) is 0 Å². The van der Waals surface area contributed by atoms with Gasteiger partial charge in [-0.15, -0.1) is 11.6 Å². The molecule has 5 aliphatic rings. The van der Waals surface area contributed by atoms with Gasteiger partial charge in [0.25, 0.3) is 0 Å². The van der Waals surface area contributed by atoms with Gasteiger partial charge in [0.05, 0.1) is 17.1 Å². The van der Waals surface area contributed by atoms with Gasteiger partial charge in [-0.1, -0.05) is 6.07 Å². The number of aliphatic hydroxyl groups is 1. The van der Waals surface area contributed by atoms with Crippen molar-refractivity contribution in [1.82, 2.24) is 10.2 Å². The molecule has 1 aromatic rings. The third kappa shape index (κ3) is 2.74. The molecule has 3 aliphatic carbocycles. The van der Waals surface area contributed by atoms with E-state index in [1.807, 2.05) is 6.07 Å². The van der Waals surface area contributed by atoms with Gasteiger partial charge >= 0.3 is 0 Å². The van der Waals surface area contributed by atoms with Gasteiger partial charge < -0.3 is 20.3 Å². The predicted octanol–water partition coefficient (Wildman–Crippen LogP) is 2.46. The summed E-state index contributed by atoms with van der Waals surface area (Å²) in [5, 5.41) is 26.2. The minimum absolute atomic E-state index is 0.0185. The Labute approximate surface area is 187 Å². The quantitative estimate of drug-likeness (QED) is 0.585. The Kier molecular flexibility index (Phi) is 4.54. The minimum atomic E-state index is -0.909. The molecule has 0 aromatic heterocycles. The van der Waals surface area contributed by atoms with Crippen LogP contribution in [0.25, 0.3) is 0 Å². The van der Waals surface area contributed by atoms with Crippen LogP contribution < -0.4 is 10.1 Å². The van der Waals surface area contributed by atoms with E-state index < -0.39 is 11.0 Å². The highest BCUT2D eigenvalue weighted by Crippen LogP contribution is 2.65. The first-order valence-corrected chi connectivity index (χ1v) is 12.3. The highest BCUT2D eigenvalue weighted by atomic mass is 35.5. The maximum atomic E-state index is 12.5. The Morgan fingerprint density at radius 2 is 2.13 bits per heavy atom. The average molecular weight is 447 g/mol. The largest absolute Gasteiger partial charge is 0.504 e. The highest BCUT2D eigenvalue weighted by molar-refractivity contribution is 6.17. The maximum Gasteiger partial charge on any atom is 0.220 e. The molecule has 1 amide bonds. The fourth-order valence-electron chi connectivity index (χ4n) is 7.14. The Bertz CT molecular complexity index is 921. The smallest absolute Gasteiger partial charge is 0.220 e. The molecule has 1 aromatic carbocycles. The number of aromatic hydroxyl groups is 1. The third-order valence-corrected chi connectivity index (χ3v) is 8.91. The lowest BCUT2D eigenvalue weighted by Crippen LogP contribution is -2.78. The number of rotatable bonds is 6. The molecule has 6 rings (SSSR count). The molecule has 5 atom stereocenters. The van der Waals surface area contributed by atoms with Gasteiger partial charge in [0, 0.05) is 30.5 Å². The summed E-state index contributed by atoms with van der Waals surface area (Å²) in [6.07, 6.45) is 6.15. The van der Waals surface area contributed by atoms with Gasteiger partial charge in [0.2, 0.25) is 5.91 Å². The number of nitrogens with one attached hydrogen (secondary N) is 1. The summed E-state index contributed by atoms with van der Waals surface area (Å²) in [6.45, 7) is 1.98. The number of carbonyl (C=O) groups excluding carboxylic acids is 1. The van der Waals surface area contributed by atoms with Gasteiger partial charge in [0.1, 0.15) is 6.10 Å². The number of benzene rings is 1. The van der Waals surface area contributed by atoms with Crippen molar-refractivity contribution in [2.45, 2.75) is 80.6 Å². The first kappa shape index (κ1) is 20.1. The number of amides is 1. The second kappa shape index (κ2) is 7.00. The molecule has 0 radical (unpaired) electrons. The Hall–Kier alpha value is -1.50. The van der Waals surface area contributed by atoms with Crippen LogP contribution in [0, 0.1) is 5.92 Å². The lowest BCUT2D eigenvalue weighted by molar-refractivity contribution is -0.192. The van der Waals surface area contributed by atoms with Gasteiger partial charge in [0.15, 0.2) is 11.5 Å². The predicted molar refractivity (Wildman–Crippen MR) is 117 cm³/mol. The van der Waals surface area contributed by atoms with Crippen molar-refractivity contribution in [2.75, 3.05) is 19.0 Å². The number of phenols is 1. The minimum Gasteiger partial charge on any atom is -0.504 e. The van der Waals surface area contributed by atoms with Crippen LogP contribution in [-0.4, -0.2) is 63.8 Å². The zero-order valence-corrected chi connectivity index (χ0v) is 18.5. The van der Waals surface area contributed by atoms with Crippen molar-refractivity contribution in [3.63, 3.8) is 0 Å². The van der Waals surface area contributed by atoms with E-state index >= 15 is 0 Å². The second-order valence-electron chi connectivity index (χ2n) is 10.3. The molecular formula is C24H31ClN2O4. The number of phenolic OH excluding ortho intramolecular Hbond substituents is 1. The van der Waals surface area contributed by atoms with E-state index in [0.717, 1.165) is 37.4 Å². The maximum absolute atomic E-state index is 12.5. The number of likely N-dealkylation sites (tertiary alicyclic amines) is 1. The van der Waals surface area contributed by atoms with Gasteiger partial charge in [-0.2, -0.15) is 0 Å². The molecule has 31 heavy (non-hydrogen) atoms. The summed E-state index contributed by atoms with van der Waals surface area (Å²) < 4.78 is 6.45. The van der Waals surface area contributed by atoms with E-state index in [2.05, 4.69) is 10.2 Å². The van der Waals surface area contributed by atoms with E-state index in [4.69, 9.17) is 16.3 Å². The third-order valence-electron chi connectivity index (χ3n) is 8.65. The van der Waals surface area contributed by atoms with Gasteiger partial charge in [-0.25, -0.2) is 0 Å². The Balaban J connectivity index is 1.41. The van der Waals surface area contributed by atoms with Crippen molar-refractivity contribution >= 4 is 17.5 Å². The average Bonchev–Trinajstić information content (AvgIpc) is 3.49. The van der Waals surface area contributed by atoms with Crippen molar-refractivity contribution < 1.29 is 19.7 Å². The molecule has 168 valence electrons. The summed E-state index contributed by atoms with van der Waals surface area (Å²) >= 11 is 5.77. The van der Waals surface area contributed by atoms with Crippen molar-refractivity contribution in [3.05, 3.63) is 23.3 Å². The van der Waals surface area contributed by atoms with Crippen LogP contribution in [0.1, 0.15) is 56.1 Å². The van der Waals surface area contributed by atoms with Crippen molar-refractivity contribution in [1.29, 1.82) is 0 Å². The molecule has 3 fully saturated rings. The topological polar surface area (TPSA) is 82.0 Å². The monoisotopic (exact) mass is 446 g/mol. The van der Waals surface area contributed by atoms with E-state index in [0.29, 0.717) is 37.3 Å². The van der Waals surface area contributed by atoms with E-state index in [9.17, 15) is 15.0 Å². The zero-order valence-electron chi connectivity index (χ0n) is 17.8. The van der Waals surface area contributed by atoms with Crippen LogP contribution in [-0.2, 0) is 16.6 Å². The summed E-state index contributed by atoms with van der Waals surface area (Å²) in [7, 11) is 0. The van der Waals surface area contributed by atoms with Gasteiger partial charge in [-0.3, -0.25) is 9.69 Å². The normalized spacial score (nSPS) is 37.8.